The molecule has 0 aromatic heterocycles. The number of carbonyl (C=O) groups is 1. The first-order valence-corrected chi connectivity index (χ1v) is 10.2. The molecule has 0 radical (unpaired) electrons. The first-order valence-electron chi connectivity index (χ1n) is 10.2. The van der Waals surface area contributed by atoms with Gasteiger partial charge in [-0.1, -0.05) is 25.1 Å². The Kier molecular flexibility index (Phi) is 6.76. The Morgan fingerprint density at radius 3 is 1.94 bits per heavy atom. The summed E-state index contributed by atoms with van der Waals surface area (Å²) in [5.41, 5.74) is 0.436. The summed E-state index contributed by atoms with van der Waals surface area (Å²) in [6.07, 6.45) is -8.68. The smallest absolute Gasteiger partial charge is 0.368 e. The Hall–Kier alpha value is -2.71. The van der Waals surface area contributed by atoms with Crippen molar-refractivity contribution in [3.8, 4) is 0 Å². The highest BCUT2D eigenvalue weighted by atomic mass is 19.4. The Labute approximate surface area is 182 Å². The molecule has 0 spiro atoms. The van der Waals surface area contributed by atoms with Crippen molar-refractivity contribution in [2.45, 2.75) is 38.5 Å². The predicted molar refractivity (Wildman–Crippen MR) is 109 cm³/mol. The summed E-state index contributed by atoms with van der Waals surface area (Å²) < 4.78 is 77.3. The average molecular weight is 458 g/mol. The summed E-state index contributed by atoms with van der Waals surface area (Å²) in [7, 11) is 0. The first-order chi connectivity index (χ1) is 14.9. The fourth-order valence-electron chi connectivity index (χ4n) is 3.83. The van der Waals surface area contributed by atoms with Gasteiger partial charge in [0.2, 0.25) is 5.91 Å². The van der Waals surface area contributed by atoms with Crippen LogP contribution >= 0.6 is 0 Å². The number of alkyl halides is 6. The zero-order chi connectivity index (χ0) is 23.7. The molecule has 174 valence electrons. The van der Waals surface area contributed by atoms with Gasteiger partial charge < -0.3 is 9.80 Å². The van der Waals surface area contributed by atoms with Crippen LogP contribution in [0.15, 0.2) is 42.5 Å². The molecular formula is C23H24F6N2O. The van der Waals surface area contributed by atoms with Gasteiger partial charge in [0.25, 0.3) is 0 Å². The molecule has 9 heteroatoms. The third-order valence-corrected chi connectivity index (χ3v) is 5.80. The maximum absolute atomic E-state index is 13.0. The van der Waals surface area contributed by atoms with Crippen molar-refractivity contribution in [2.75, 3.05) is 31.1 Å². The van der Waals surface area contributed by atoms with E-state index in [0.717, 1.165) is 29.8 Å². The van der Waals surface area contributed by atoms with Gasteiger partial charge in [-0.2, -0.15) is 26.3 Å². The number of halogens is 6. The lowest BCUT2D eigenvalue weighted by molar-refractivity contribution is -0.138. The average Bonchev–Trinajstić information content (AvgIpc) is 2.73. The van der Waals surface area contributed by atoms with Gasteiger partial charge >= 0.3 is 12.4 Å². The van der Waals surface area contributed by atoms with Crippen LogP contribution < -0.4 is 4.90 Å². The van der Waals surface area contributed by atoms with E-state index in [9.17, 15) is 31.1 Å². The van der Waals surface area contributed by atoms with Gasteiger partial charge in [-0.15, -0.1) is 0 Å². The quantitative estimate of drug-likeness (QED) is 0.535. The van der Waals surface area contributed by atoms with E-state index in [1.54, 1.807) is 18.7 Å². The molecule has 2 aromatic carbocycles. The molecule has 1 fully saturated rings. The number of rotatable bonds is 4. The van der Waals surface area contributed by atoms with Crippen LogP contribution in [0.5, 0.6) is 0 Å². The van der Waals surface area contributed by atoms with Crippen LogP contribution in [0.2, 0.25) is 0 Å². The number of aryl methyl sites for hydroxylation is 1. The number of carbonyl (C=O) groups excluding carboxylic acids is 1. The van der Waals surface area contributed by atoms with Gasteiger partial charge in [-0.05, 0) is 48.2 Å². The second-order valence-corrected chi connectivity index (χ2v) is 8.09. The lowest BCUT2D eigenvalue weighted by Crippen LogP contribution is -2.49. The number of nitrogens with zero attached hydrogens (tertiary/aromatic N) is 2. The maximum atomic E-state index is 13.0. The highest BCUT2D eigenvalue weighted by Crippen LogP contribution is 2.34. The molecule has 2 aromatic rings. The summed E-state index contributed by atoms with van der Waals surface area (Å²) in [5.74, 6) is -0.383. The van der Waals surface area contributed by atoms with Crippen molar-refractivity contribution in [3.63, 3.8) is 0 Å². The second kappa shape index (κ2) is 9.03. The molecule has 1 saturated heterocycles. The van der Waals surface area contributed by atoms with Gasteiger partial charge in [-0.3, -0.25) is 4.79 Å². The minimum Gasteiger partial charge on any atom is -0.368 e. The standard InChI is InChI=1S/C23H24F6N2O/c1-15-3-6-19(23(27,28)29)14-20(15)30-9-11-31(12-10-30)21(32)13-16(2)17-4-7-18(8-5-17)22(24,25)26/h3-8,14,16H,9-13H2,1-2H3/t16-/m1/s1. The van der Waals surface area contributed by atoms with Gasteiger partial charge in [-0.25, -0.2) is 0 Å². The SMILES string of the molecule is Cc1ccc(C(F)(F)F)cc1N1CCN(C(=O)C[C@@H](C)c2ccc(C(F)(F)F)cc2)CC1. The summed E-state index contributed by atoms with van der Waals surface area (Å²) in [6.45, 7) is 5.08. The van der Waals surface area contributed by atoms with Crippen LogP contribution in [0.3, 0.4) is 0 Å². The van der Waals surface area contributed by atoms with Crippen molar-refractivity contribution in [1.29, 1.82) is 0 Å². The predicted octanol–water partition coefficient (Wildman–Crippen LogP) is 5.88. The van der Waals surface area contributed by atoms with E-state index in [2.05, 4.69) is 0 Å². The third kappa shape index (κ3) is 5.55. The van der Waals surface area contributed by atoms with Crippen LogP contribution in [0, 0.1) is 6.92 Å². The third-order valence-electron chi connectivity index (χ3n) is 5.80. The summed E-state index contributed by atoms with van der Waals surface area (Å²) in [5, 5.41) is 0. The minimum atomic E-state index is -4.42. The Balaban J connectivity index is 1.59. The minimum absolute atomic E-state index is 0.127. The maximum Gasteiger partial charge on any atom is 0.416 e. The highest BCUT2D eigenvalue weighted by molar-refractivity contribution is 5.77. The largest absolute Gasteiger partial charge is 0.416 e. The van der Waals surface area contributed by atoms with Crippen molar-refractivity contribution < 1.29 is 31.1 Å². The van der Waals surface area contributed by atoms with Gasteiger partial charge in [0.05, 0.1) is 11.1 Å². The van der Waals surface area contributed by atoms with Gasteiger partial charge in [0, 0.05) is 38.3 Å². The van der Waals surface area contributed by atoms with E-state index < -0.39 is 23.5 Å². The Morgan fingerprint density at radius 2 is 1.41 bits per heavy atom. The number of piperazine rings is 1. The molecule has 0 unspecified atom stereocenters. The van der Waals surface area contributed by atoms with Crippen molar-refractivity contribution in [2.24, 2.45) is 0 Å². The van der Waals surface area contributed by atoms with E-state index >= 15 is 0 Å². The van der Waals surface area contributed by atoms with Crippen LogP contribution in [-0.4, -0.2) is 37.0 Å². The number of anilines is 1. The first kappa shape index (κ1) is 23.9. The fraction of sp³-hybridized carbons (Fsp3) is 0.435. The number of benzene rings is 2. The number of hydrogen-bond donors (Lipinski definition) is 0. The van der Waals surface area contributed by atoms with Crippen LogP contribution in [0.4, 0.5) is 32.0 Å². The monoisotopic (exact) mass is 458 g/mol. The molecule has 1 heterocycles. The van der Waals surface area contributed by atoms with Crippen molar-refractivity contribution in [1.82, 2.24) is 4.90 Å². The zero-order valence-corrected chi connectivity index (χ0v) is 17.7. The molecule has 1 atom stereocenters. The normalized spacial score (nSPS) is 16.2. The zero-order valence-electron chi connectivity index (χ0n) is 17.7. The lowest BCUT2D eigenvalue weighted by atomic mass is 9.96. The Morgan fingerprint density at radius 1 is 0.875 bits per heavy atom. The van der Waals surface area contributed by atoms with Gasteiger partial charge in [0.15, 0.2) is 0 Å². The molecule has 3 rings (SSSR count). The summed E-state index contributed by atoms with van der Waals surface area (Å²) in [4.78, 5) is 16.2. The molecule has 0 bridgehead atoms. The number of amides is 1. The van der Waals surface area contributed by atoms with Crippen LogP contribution in [-0.2, 0) is 17.1 Å². The lowest BCUT2D eigenvalue weighted by Gasteiger charge is -2.37. The van der Waals surface area contributed by atoms with Crippen LogP contribution in [0.25, 0.3) is 0 Å². The summed E-state index contributed by atoms with van der Waals surface area (Å²) >= 11 is 0. The molecule has 1 aliphatic rings. The molecule has 0 N–H and O–H groups in total. The van der Waals surface area contributed by atoms with Crippen molar-refractivity contribution >= 4 is 11.6 Å². The Bertz CT molecular complexity index is 944. The second-order valence-electron chi connectivity index (χ2n) is 8.09. The highest BCUT2D eigenvalue weighted by Gasteiger charge is 2.32. The van der Waals surface area contributed by atoms with E-state index in [4.69, 9.17) is 0 Å². The molecule has 1 amide bonds. The van der Waals surface area contributed by atoms with E-state index in [-0.39, 0.29) is 18.2 Å². The molecular weight excluding hydrogens is 434 g/mol. The van der Waals surface area contributed by atoms with E-state index in [0.29, 0.717) is 37.4 Å². The molecule has 1 aliphatic heterocycles. The topological polar surface area (TPSA) is 23.6 Å². The van der Waals surface area contributed by atoms with Gasteiger partial charge in [0.1, 0.15) is 0 Å². The molecule has 0 aliphatic carbocycles. The molecule has 32 heavy (non-hydrogen) atoms. The van der Waals surface area contributed by atoms with E-state index in [1.165, 1.54) is 18.2 Å². The fourth-order valence-corrected chi connectivity index (χ4v) is 3.83. The van der Waals surface area contributed by atoms with Crippen LogP contribution in [0.1, 0.15) is 41.5 Å². The summed E-state index contributed by atoms with van der Waals surface area (Å²) in [6, 6.07) is 8.42. The molecule has 3 nitrogen and oxygen atoms in total. The molecule has 0 saturated carbocycles. The van der Waals surface area contributed by atoms with Crippen molar-refractivity contribution in [3.05, 3.63) is 64.7 Å². The van der Waals surface area contributed by atoms with E-state index in [1.807, 2.05) is 4.90 Å². The number of hydrogen-bond acceptors (Lipinski definition) is 2.